The monoisotopic (exact) mass is 283 g/mol. The van der Waals surface area contributed by atoms with Crippen LogP contribution in [-0.4, -0.2) is 26.1 Å². The van der Waals surface area contributed by atoms with Gasteiger partial charge in [-0.15, -0.1) is 0 Å². The van der Waals surface area contributed by atoms with E-state index in [2.05, 4.69) is 15.3 Å². The van der Waals surface area contributed by atoms with Crippen LogP contribution < -0.4 is 5.32 Å². The first-order valence-corrected chi connectivity index (χ1v) is 6.96. The molecule has 0 aliphatic carbocycles. The fourth-order valence-corrected chi connectivity index (χ4v) is 2.61. The fraction of sp³-hybridized carbons (Fsp3) is 0.0667. The van der Waals surface area contributed by atoms with Crippen LogP contribution in [-0.2, 0) is 11.3 Å². The van der Waals surface area contributed by atoms with Crippen LogP contribution in [0.2, 0.25) is 0 Å². The number of aromatic amines is 1. The van der Waals surface area contributed by atoms with E-state index < -0.39 is 0 Å². The second kappa shape index (κ2) is 5.30. The Hall–Kier alpha value is -2.40. The molecule has 0 aliphatic heterocycles. The van der Waals surface area contributed by atoms with Gasteiger partial charge in [0.05, 0.1) is 11.0 Å². The Morgan fingerprint density at radius 1 is 1.15 bits per heavy atom. The minimum atomic E-state index is 0.454. The summed E-state index contributed by atoms with van der Waals surface area (Å²) in [6.07, 6.45) is 0. The Labute approximate surface area is 119 Å². The summed E-state index contributed by atoms with van der Waals surface area (Å²) in [5, 5.41) is 3.10. The van der Waals surface area contributed by atoms with Crippen LogP contribution in [0.15, 0.2) is 48.5 Å². The Morgan fingerprint density at radius 2 is 1.90 bits per heavy atom. The molecule has 0 unspecified atom stereocenters. The topological polar surface area (TPSA) is 57.8 Å². The largest absolute Gasteiger partial charge is 0.388 e. The Balaban J connectivity index is 2.17. The minimum absolute atomic E-state index is 0.454. The summed E-state index contributed by atoms with van der Waals surface area (Å²) >= 11 is 0.454. The number of nitrogens with zero attached hydrogens (tertiary/aromatic N) is 1. The van der Waals surface area contributed by atoms with Gasteiger partial charge in [0, 0.05) is 18.3 Å². The number of fused-ring (bicyclic) bond motifs is 1. The number of para-hydroxylation sites is 3. The van der Waals surface area contributed by atoms with Crippen LogP contribution >= 0.6 is 0 Å². The fourth-order valence-electron chi connectivity index (χ4n) is 2.17. The molecule has 2 N–H and O–H groups in total. The third-order valence-electron chi connectivity index (χ3n) is 3.13. The summed E-state index contributed by atoms with van der Waals surface area (Å²) in [5.74, 6) is 0.605. The standard InChI is InChI=1S/C15H13N3OS/c1-16-11-7-3-2-6-10(11)14(20-19)15-17-12-8-4-5-9-13(12)18-15/h2-9,16H,1H3,(H,17,18). The molecule has 0 aliphatic rings. The van der Waals surface area contributed by atoms with E-state index in [0.29, 0.717) is 21.9 Å². The zero-order chi connectivity index (χ0) is 13.9. The molecule has 5 heteroatoms. The Bertz CT molecular complexity index is 786. The molecular formula is C15H13N3OS. The first kappa shape index (κ1) is 12.6. The lowest BCUT2D eigenvalue weighted by Gasteiger charge is -2.07. The van der Waals surface area contributed by atoms with Gasteiger partial charge in [0.2, 0.25) is 0 Å². The van der Waals surface area contributed by atoms with E-state index in [-0.39, 0.29) is 0 Å². The molecule has 0 saturated carbocycles. The van der Waals surface area contributed by atoms with Gasteiger partial charge in [-0.3, -0.25) is 0 Å². The predicted octanol–water partition coefficient (Wildman–Crippen LogP) is 2.39. The van der Waals surface area contributed by atoms with Gasteiger partial charge in [0.1, 0.15) is 16.1 Å². The van der Waals surface area contributed by atoms with Crippen molar-refractivity contribution in [3.63, 3.8) is 0 Å². The quantitative estimate of drug-likeness (QED) is 0.573. The first-order chi connectivity index (χ1) is 9.83. The Kier molecular flexibility index (Phi) is 3.35. The van der Waals surface area contributed by atoms with E-state index in [4.69, 9.17) is 0 Å². The van der Waals surface area contributed by atoms with Crippen LogP contribution in [0.5, 0.6) is 0 Å². The van der Waals surface area contributed by atoms with Crippen LogP contribution in [0.25, 0.3) is 11.0 Å². The van der Waals surface area contributed by atoms with Crippen molar-refractivity contribution >= 4 is 32.8 Å². The van der Waals surface area contributed by atoms with E-state index in [1.54, 1.807) is 0 Å². The van der Waals surface area contributed by atoms with Gasteiger partial charge in [0.25, 0.3) is 0 Å². The first-order valence-electron chi connectivity index (χ1n) is 6.22. The van der Waals surface area contributed by atoms with Crippen molar-refractivity contribution in [3.05, 3.63) is 59.9 Å². The highest BCUT2D eigenvalue weighted by atomic mass is 32.1. The number of nitrogens with one attached hydrogen (secondary N) is 2. The van der Waals surface area contributed by atoms with Crippen LogP contribution in [0.1, 0.15) is 11.4 Å². The maximum atomic E-state index is 11.6. The smallest absolute Gasteiger partial charge is 0.152 e. The molecule has 1 aromatic heterocycles. The number of hydrogen-bond donors (Lipinski definition) is 2. The molecule has 0 fully saturated rings. The molecule has 20 heavy (non-hydrogen) atoms. The lowest BCUT2D eigenvalue weighted by atomic mass is 10.1. The summed E-state index contributed by atoms with van der Waals surface area (Å²) in [6.45, 7) is 0. The van der Waals surface area contributed by atoms with E-state index in [9.17, 15) is 4.21 Å². The van der Waals surface area contributed by atoms with E-state index in [0.717, 1.165) is 22.3 Å². The summed E-state index contributed by atoms with van der Waals surface area (Å²) in [4.78, 5) is 8.28. The maximum absolute atomic E-state index is 11.6. The molecule has 1 heterocycles. The molecule has 0 atom stereocenters. The molecular weight excluding hydrogens is 270 g/mol. The van der Waals surface area contributed by atoms with Crippen molar-refractivity contribution in [2.45, 2.75) is 0 Å². The molecule has 0 radical (unpaired) electrons. The lowest BCUT2D eigenvalue weighted by Crippen LogP contribution is -2.08. The van der Waals surface area contributed by atoms with E-state index >= 15 is 0 Å². The second-order valence-electron chi connectivity index (χ2n) is 4.31. The van der Waals surface area contributed by atoms with Crippen molar-refractivity contribution in [2.75, 3.05) is 12.4 Å². The molecule has 4 nitrogen and oxygen atoms in total. The van der Waals surface area contributed by atoms with Crippen molar-refractivity contribution in [1.82, 2.24) is 9.97 Å². The molecule has 2 aromatic carbocycles. The molecule has 0 spiro atoms. The summed E-state index contributed by atoms with van der Waals surface area (Å²) in [6, 6.07) is 15.4. The van der Waals surface area contributed by atoms with Gasteiger partial charge in [-0.05, 0) is 18.2 Å². The third-order valence-corrected chi connectivity index (χ3v) is 3.71. The SMILES string of the molecule is CNc1ccccc1C(=S=O)c1nc2ccccc2[nH]1. The highest BCUT2D eigenvalue weighted by molar-refractivity contribution is 7.67. The van der Waals surface area contributed by atoms with Crippen LogP contribution in [0, 0.1) is 0 Å². The Morgan fingerprint density at radius 3 is 2.65 bits per heavy atom. The van der Waals surface area contributed by atoms with Crippen LogP contribution in [0.4, 0.5) is 5.69 Å². The number of anilines is 1. The normalized spacial score (nSPS) is 10.4. The number of rotatable bonds is 3. The van der Waals surface area contributed by atoms with Crippen molar-refractivity contribution in [1.29, 1.82) is 0 Å². The zero-order valence-electron chi connectivity index (χ0n) is 10.9. The van der Waals surface area contributed by atoms with Gasteiger partial charge in [0.15, 0.2) is 5.82 Å². The second-order valence-corrected chi connectivity index (χ2v) is 4.89. The average molecular weight is 283 g/mol. The predicted molar refractivity (Wildman–Crippen MR) is 83.4 cm³/mol. The number of imidazole rings is 1. The van der Waals surface area contributed by atoms with Crippen LogP contribution in [0.3, 0.4) is 0 Å². The maximum Gasteiger partial charge on any atom is 0.152 e. The molecule has 3 rings (SSSR count). The summed E-state index contributed by atoms with van der Waals surface area (Å²) in [5.41, 5.74) is 3.55. The number of hydrogen-bond acceptors (Lipinski definition) is 3. The van der Waals surface area contributed by atoms with Crippen molar-refractivity contribution in [2.24, 2.45) is 0 Å². The zero-order valence-corrected chi connectivity index (χ0v) is 11.7. The molecule has 0 bridgehead atoms. The van der Waals surface area contributed by atoms with Gasteiger partial charge in [-0.2, -0.15) is 0 Å². The summed E-state index contributed by atoms with van der Waals surface area (Å²) < 4.78 is 11.6. The molecule has 100 valence electrons. The molecule has 3 aromatic rings. The van der Waals surface area contributed by atoms with Gasteiger partial charge >= 0.3 is 0 Å². The average Bonchev–Trinajstić information content (AvgIpc) is 2.92. The van der Waals surface area contributed by atoms with Gasteiger partial charge < -0.3 is 10.3 Å². The van der Waals surface area contributed by atoms with Crippen molar-refractivity contribution < 1.29 is 4.21 Å². The summed E-state index contributed by atoms with van der Waals surface area (Å²) in [7, 11) is 1.84. The highest BCUT2D eigenvalue weighted by Crippen LogP contribution is 2.19. The third kappa shape index (κ3) is 2.12. The molecule has 0 saturated heterocycles. The van der Waals surface area contributed by atoms with E-state index in [1.807, 2.05) is 55.6 Å². The van der Waals surface area contributed by atoms with Gasteiger partial charge in [-0.25, -0.2) is 9.19 Å². The van der Waals surface area contributed by atoms with Gasteiger partial charge in [-0.1, -0.05) is 30.3 Å². The minimum Gasteiger partial charge on any atom is -0.388 e. The van der Waals surface area contributed by atoms with Crippen molar-refractivity contribution in [3.8, 4) is 0 Å². The number of benzene rings is 2. The number of aromatic nitrogens is 2. The number of H-pyrrole nitrogens is 1. The molecule has 0 amide bonds. The van der Waals surface area contributed by atoms with E-state index in [1.165, 1.54) is 0 Å². The lowest BCUT2D eigenvalue weighted by molar-refractivity contribution is 0.701. The highest BCUT2D eigenvalue weighted by Gasteiger charge is 2.14.